The summed E-state index contributed by atoms with van der Waals surface area (Å²) < 4.78 is 5.55. The maximum atomic E-state index is 12.8. The van der Waals surface area contributed by atoms with Gasteiger partial charge in [0.2, 0.25) is 0 Å². The van der Waals surface area contributed by atoms with E-state index in [9.17, 15) is 4.79 Å². The molecule has 0 radical (unpaired) electrons. The number of amides is 1. The molecule has 2 aromatic rings. The van der Waals surface area contributed by atoms with Gasteiger partial charge in [-0.05, 0) is 23.4 Å². The molecule has 1 amide bonds. The Labute approximate surface area is 146 Å². The standard InChI is InChI=1S/C17H22N4O2S/c1-3-24-11-12-4-6-13(7-5-12)17(22)21-9-14(16(10-21)23-2)15-8-18-20-19-15/h4-8,14,16H,3,9-11H2,1-2H3,(H,18,19,20)/t14-,16+/m0/s1. The lowest BCUT2D eigenvalue weighted by Gasteiger charge is -2.16. The quantitative estimate of drug-likeness (QED) is 0.869. The number of benzene rings is 1. The molecular formula is C17H22N4O2S. The van der Waals surface area contributed by atoms with Crippen LogP contribution < -0.4 is 0 Å². The van der Waals surface area contributed by atoms with Crippen molar-refractivity contribution in [2.45, 2.75) is 24.7 Å². The van der Waals surface area contributed by atoms with Crippen molar-refractivity contribution in [3.05, 3.63) is 47.3 Å². The molecule has 2 atom stereocenters. The smallest absolute Gasteiger partial charge is 0.253 e. The number of nitrogens with zero attached hydrogens (tertiary/aromatic N) is 3. The lowest BCUT2D eigenvalue weighted by Crippen LogP contribution is -2.29. The molecule has 128 valence electrons. The zero-order chi connectivity index (χ0) is 16.9. The van der Waals surface area contributed by atoms with E-state index in [0.29, 0.717) is 13.1 Å². The van der Waals surface area contributed by atoms with Crippen molar-refractivity contribution in [2.24, 2.45) is 0 Å². The van der Waals surface area contributed by atoms with E-state index in [-0.39, 0.29) is 17.9 Å². The Kier molecular flexibility index (Phi) is 5.52. The highest BCUT2D eigenvalue weighted by Crippen LogP contribution is 2.29. The topological polar surface area (TPSA) is 71.1 Å². The number of thioether (sulfide) groups is 1. The first-order valence-electron chi connectivity index (χ1n) is 8.07. The number of nitrogens with one attached hydrogen (secondary N) is 1. The molecule has 0 saturated carbocycles. The number of aromatic nitrogens is 3. The van der Waals surface area contributed by atoms with Gasteiger partial charge in [-0.1, -0.05) is 19.1 Å². The van der Waals surface area contributed by atoms with Crippen LogP contribution >= 0.6 is 11.8 Å². The molecule has 0 spiro atoms. The molecule has 24 heavy (non-hydrogen) atoms. The van der Waals surface area contributed by atoms with Gasteiger partial charge in [-0.3, -0.25) is 4.79 Å². The summed E-state index contributed by atoms with van der Waals surface area (Å²) in [5.74, 6) is 2.17. The third kappa shape index (κ3) is 3.62. The molecule has 6 nitrogen and oxygen atoms in total. The van der Waals surface area contributed by atoms with E-state index in [1.807, 2.05) is 40.9 Å². The fraction of sp³-hybridized carbons (Fsp3) is 0.471. The molecule has 1 aromatic carbocycles. The molecule has 1 N–H and O–H groups in total. The monoisotopic (exact) mass is 346 g/mol. The van der Waals surface area contributed by atoms with Crippen LogP contribution in [0.5, 0.6) is 0 Å². The first-order valence-corrected chi connectivity index (χ1v) is 9.22. The van der Waals surface area contributed by atoms with Gasteiger partial charge in [0.25, 0.3) is 5.91 Å². The summed E-state index contributed by atoms with van der Waals surface area (Å²) >= 11 is 1.88. The summed E-state index contributed by atoms with van der Waals surface area (Å²) in [6.07, 6.45) is 1.64. The fourth-order valence-electron chi connectivity index (χ4n) is 3.00. The summed E-state index contributed by atoms with van der Waals surface area (Å²) in [6.45, 7) is 3.31. The lowest BCUT2D eigenvalue weighted by molar-refractivity contribution is 0.0714. The Morgan fingerprint density at radius 3 is 2.79 bits per heavy atom. The lowest BCUT2D eigenvalue weighted by atomic mass is 10.0. The van der Waals surface area contributed by atoms with E-state index in [2.05, 4.69) is 22.3 Å². The Balaban J connectivity index is 1.69. The largest absolute Gasteiger partial charge is 0.379 e. The maximum absolute atomic E-state index is 12.8. The van der Waals surface area contributed by atoms with Gasteiger partial charge in [0, 0.05) is 31.5 Å². The molecule has 0 aliphatic carbocycles. The van der Waals surface area contributed by atoms with Gasteiger partial charge in [0.15, 0.2) is 0 Å². The SMILES string of the molecule is CCSCc1ccc(C(=O)N2C[C@@H](OC)[C@H](c3cn[nH]n3)C2)cc1. The molecular weight excluding hydrogens is 324 g/mol. The number of carbonyl (C=O) groups excluding carboxylic acids is 1. The minimum Gasteiger partial charge on any atom is -0.379 e. The van der Waals surface area contributed by atoms with Crippen LogP contribution in [0.2, 0.25) is 0 Å². The van der Waals surface area contributed by atoms with Gasteiger partial charge >= 0.3 is 0 Å². The van der Waals surface area contributed by atoms with E-state index in [4.69, 9.17) is 4.74 Å². The van der Waals surface area contributed by atoms with Gasteiger partial charge in [0.05, 0.1) is 23.9 Å². The molecule has 7 heteroatoms. The van der Waals surface area contributed by atoms with Gasteiger partial charge in [-0.15, -0.1) is 0 Å². The molecule has 1 aliphatic rings. The summed E-state index contributed by atoms with van der Waals surface area (Å²) in [5.41, 5.74) is 2.80. The van der Waals surface area contributed by atoms with Crippen LogP contribution in [0, 0.1) is 0 Å². The average Bonchev–Trinajstić information content (AvgIpc) is 3.28. The minimum absolute atomic E-state index is 0.0396. The molecule has 1 fully saturated rings. The second-order valence-corrected chi connectivity index (χ2v) is 7.09. The van der Waals surface area contributed by atoms with Crippen molar-refractivity contribution in [1.82, 2.24) is 20.3 Å². The van der Waals surface area contributed by atoms with Crippen molar-refractivity contribution in [3.8, 4) is 0 Å². The van der Waals surface area contributed by atoms with Gasteiger partial charge in [-0.25, -0.2) is 0 Å². The average molecular weight is 346 g/mol. The first kappa shape index (κ1) is 17.0. The third-order valence-electron chi connectivity index (χ3n) is 4.34. The molecule has 1 saturated heterocycles. The molecule has 1 aromatic heterocycles. The summed E-state index contributed by atoms with van der Waals surface area (Å²) in [4.78, 5) is 14.6. The van der Waals surface area contributed by atoms with E-state index in [0.717, 1.165) is 22.8 Å². The van der Waals surface area contributed by atoms with E-state index >= 15 is 0 Å². The van der Waals surface area contributed by atoms with Crippen molar-refractivity contribution >= 4 is 17.7 Å². The van der Waals surface area contributed by atoms with Crippen LogP contribution in [-0.2, 0) is 10.5 Å². The van der Waals surface area contributed by atoms with Crippen LogP contribution in [0.3, 0.4) is 0 Å². The highest BCUT2D eigenvalue weighted by molar-refractivity contribution is 7.98. The van der Waals surface area contributed by atoms with E-state index < -0.39 is 0 Å². The molecule has 1 aliphatic heterocycles. The van der Waals surface area contributed by atoms with Gasteiger partial charge in [-0.2, -0.15) is 27.2 Å². The number of hydrogen-bond acceptors (Lipinski definition) is 5. The second-order valence-electron chi connectivity index (χ2n) is 5.82. The van der Waals surface area contributed by atoms with E-state index in [1.165, 1.54) is 5.56 Å². The zero-order valence-corrected chi connectivity index (χ0v) is 14.8. The number of methoxy groups -OCH3 is 1. The second kappa shape index (κ2) is 7.81. The summed E-state index contributed by atoms with van der Waals surface area (Å²) in [6, 6.07) is 7.90. The minimum atomic E-state index is -0.0562. The van der Waals surface area contributed by atoms with Gasteiger partial charge < -0.3 is 9.64 Å². The number of likely N-dealkylation sites (tertiary alicyclic amines) is 1. The third-order valence-corrected chi connectivity index (χ3v) is 5.29. The molecule has 0 unspecified atom stereocenters. The Bertz CT molecular complexity index is 660. The Morgan fingerprint density at radius 1 is 1.38 bits per heavy atom. The first-order chi connectivity index (χ1) is 11.7. The van der Waals surface area contributed by atoms with Crippen molar-refractivity contribution in [3.63, 3.8) is 0 Å². The number of rotatable bonds is 6. The predicted octanol–water partition coefficient (Wildman–Crippen LogP) is 2.31. The maximum Gasteiger partial charge on any atom is 0.253 e. The predicted molar refractivity (Wildman–Crippen MR) is 94.1 cm³/mol. The summed E-state index contributed by atoms with van der Waals surface area (Å²) in [5, 5.41) is 10.6. The van der Waals surface area contributed by atoms with Crippen LogP contribution in [0.1, 0.15) is 34.5 Å². The molecule has 2 heterocycles. The number of H-pyrrole nitrogens is 1. The summed E-state index contributed by atoms with van der Waals surface area (Å²) in [7, 11) is 1.67. The van der Waals surface area contributed by atoms with Crippen molar-refractivity contribution < 1.29 is 9.53 Å². The number of aromatic amines is 1. The van der Waals surface area contributed by atoms with Crippen molar-refractivity contribution in [2.75, 3.05) is 26.0 Å². The number of hydrogen-bond donors (Lipinski definition) is 1. The van der Waals surface area contributed by atoms with Crippen LogP contribution in [0.15, 0.2) is 30.5 Å². The molecule has 3 rings (SSSR count). The van der Waals surface area contributed by atoms with E-state index in [1.54, 1.807) is 13.3 Å². The number of carbonyl (C=O) groups is 1. The highest BCUT2D eigenvalue weighted by atomic mass is 32.2. The van der Waals surface area contributed by atoms with Crippen LogP contribution in [0.4, 0.5) is 0 Å². The normalized spacial score (nSPS) is 20.5. The van der Waals surface area contributed by atoms with Crippen LogP contribution in [-0.4, -0.2) is 58.3 Å². The van der Waals surface area contributed by atoms with Crippen LogP contribution in [0.25, 0.3) is 0 Å². The zero-order valence-electron chi connectivity index (χ0n) is 13.9. The Hall–Kier alpha value is -1.86. The fourth-order valence-corrected chi connectivity index (χ4v) is 3.63. The highest BCUT2D eigenvalue weighted by Gasteiger charge is 2.38. The molecule has 0 bridgehead atoms. The Morgan fingerprint density at radius 2 is 2.17 bits per heavy atom. The van der Waals surface area contributed by atoms with Gasteiger partial charge in [0.1, 0.15) is 0 Å². The van der Waals surface area contributed by atoms with Crippen molar-refractivity contribution in [1.29, 1.82) is 0 Å². The number of ether oxygens (including phenoxy) is 1.